The summed E-state index contributed by atoms with van der Waals surface area (Å²) in [5, 5.41) is 0. The predicted molar refractivity (Wildman–Crippen MR) is 97.4 cm³/mol. The summed E-state index contributed by atoms with van der Waals surface area (Å²) in [5.41, 5.74) is 0.934. The lowest BCUT2D eigenvalue weighted by Gasteiger charge is -2.34. The number of Topliss-reactive ketones (excluding diaryl/α,β-unsaturated/α-hetero) is 1. The van der Waals surface area contributed by atoms with Crippen molar-refractivity contribution in [1.29, 1.82) is 0 Å². The van der Waals surface area contributed by atoms with Crippen molar-refractivity contribution in [2.24, 2.45) is 5.41 Å². The minimum absolute atomic E-state index is 0.126. The van der Waals surface area contributed by atoms with E-state index in [1.165, 1.54) is 11.6 Å². The maximum absolute atomic E-state index is 12.9. The highest BCUT2D eigenvalue weighted by atomic mass is 16.5. The first-order chi connectivity index (χ1) is 11.9. The third kappa shape index (κ3) is 3.49. The van der Waals surface area contributed by atoms with Crippen LogP contribution in [0.3, 0.4) is 0 Å². The number of hydrogen-bond donors (Lipinski definition) is 0. The Morgan fingerprint density at radius 2 is 1.88 bits per heavy atom. The molecule has 0 radical (unpaired) electrons. The summed E-state index contributed by atoms with van der Waals surface area (Å²) < 4.78 is 5.76. The summed E-state index contributed by atoms with van der Waals surface area (Å²) in [6.45, 7) is 2.78. The molecule has 0 bridgehead atoms. The van der Waals surface area contributed by atoms with Crippen LogP contribution in [0.1, 0.15) is 18.9 Å². The molecule has 1 unspecified atom stereocenters. The second kappa shape index (κ2) is 6.81. The summed E-state index contributed by atoms with van der Waals surface area (Å²) in [6, 6.07) is 7.67. The van der Waals surface area contributed by atoms with Gasteiger partial charge in [0.1, 0.15) is 5.75 Å². The van der Waals surface area contributed by atoms with Crippen molar-refractivity contribution in [2.45, 2.75) is 19.8 Å². The quantitative estimate of drug-likeness (QED) is 0.828. The van der Waals surface area contributed by atoms with Crippen molar-refractivity contribution >= 4 is 11.6 Å². The minimum atomic E-state index is -0.818. The zero-order valence-corrected chi connectivity index (χ0v) is 14.9. The predicted octanol–water partition coefficient (Wildman–Crippen LogP) is 3.10. The standard InChI is InChI=1S/C21H23NO3/c1-21-12-5-4-6-17(21)18(23)14-19(20(21)24)25-16-9-7-15(8-10-16)11-13-22(2)3/h4-10,14H,11-13H2,1-3H3. The highest BCUT2D eigenvalue weighted by Crippen LogP contribution is 2.41. The lowest BCUT2D eigenvalue weighted by atomic mass is 9.68. The third-order valence-corrected chi connectivity index (χ3v) is 4.77. The lowest BCUT2D eigenvalue weighted by Crippen LogP contribution is -2.39. The number of carbonyl (C=O) groups is 2. The van der Waals surface area contributed by atoms with Gasteiger partial charge in [0.25, 0.3) is 0 Å². The van der Waals surface area contributed by atoms with Gasteiger partial charge < -0.3 is 9.64 Å². The molecule has 0 N–H and O–H groups in total. The Hall–Kier alpha value is -2.46. The highest BCUT2D eigenvalue weighted by Gasteiger charge is 2.45. The van der Waals surface area contributed by atoms with E-state index in [0.717, 1.165) is 13.0 Å². The van der Waals surface area contributed by atoms with E-state index in [9.17, 15) is 9.59 Å². The molecule has 130 valence electrons. The molecule has 0 saturated heterocycles. The van der Waals surface area contributed by atoms with Gasteiger partial charge in [-0.15, -0.1) is 0 Å². The molecule has 0 amide bonds. The molecule has 0 aromatic heterocycles. The third-order valence-electron chi connectivity index (χ3n) is 4.77. The summed E-state index contributed by atoms with van der Waals surface area (Å²) in [5.74, 6) is 0.410. The molecular weight excluding hydrogens is 314 g/mol. The second-order valence-electron chi connectivity index (χ2n) is 7.05. The van der Waals surface area contributed by atoms with Gasteiger partial charge in [0, 0.05) is 18.2 Å². The van der Waals surface area contributed by atoms with E-state index in [2.05, 4.69) is 4.90 Å². The SMILES string of the molecule is CN(C)CCc1ccc(OC2=CC(=O)C3=CC=CCC3(C)C2=O)cc1. The fourth-order valence-corrected chi connectivity index (χ4v) is 3.14. The molecule has 0 saturated carbocycles. The molecule has 3 rings (SSSR count). The van der Waals surface area contributed by atoms with Gasteiger partial charge in [-0.2, -0.15) is 0 Å². The van der Waals surface area contributed by atoms with E-state index >= 15 is 0 Å². The molecular formula is C21H23NO3. The largest absolute Gasteiger partial charge is 0.453 e. The molecule has 2 aliphatic carbocycles. The van der Waals surface area contributed by atoms with Gasteiger partial charge in [0.15, 0.2) is 11.5 Å². The van der Waals surface area contributed by atoms with Gasteiger partial charge in [0.05, 0.1) is 5.41 Å². The van der Waals surface area contributed by atoms with Crippen LogP contribution < -0.4 is 4.74 Å². The van der Waals surface area contributed by atoms with Crippen LogP contribution in [0, 0.1) is 5.41 Å². The molecule has 0 spiro atoms. The van der Waals surface area contributed by atoms with Gasteiger partial charge in [-0.1, -0.05) is 30.4 Å². The van der Waals surface area contributed by atoms with Gasteiger partial charge >= 0.3 is 0 Å². The second-order valence-corrected chi connectivity index (χ2v) is 7.05. The van der Waals surface area contributed by atoms with Crippen LogP contribution in [0.25, 0.3) is 0 Å². The maximum Gasteiger partial charge on any atom is 0.208 e. The van der Waals surface area contributed by atoms with Crippen molar-refractivity contribution in [1.82, 2.24) is 4.90 Å². The molecule has 25 heavy (non-hydrogen) atoms. The van der Waals surface area contributed by atoms with Crippen LogP contribution in [0.2, 0.25) is 0 Å². The number of ketones is 2. The zero-order valence-electron chi connectivity index (χ0n) is 14.9. The van der Waals surface area contributed by atoms with Gasteiger partial charge in [-0.25, -0.2) is 0 Å². The number of rotatable bonds is 5. The number of ether oxygens (including phenoxy) is 1. The number of hydrogen-bond acceptors (Lipinski definition) is 4. The van der Waals surface area contributed by atoms with E-state index in [1.54, 1.807) is 6.08 Å². The van der Waals surface area contributed by atoms with Crippen LogP contribution in [-0.2, 0) is 16.0 Å². The molecule has 0 fully saturated rings. The average Bonchev–Trinajstić information content (AvgIpc) is 2.59. The van der Waals surface area contributed by atoms with Crippen LogP contribution in [0.15, 0.2) is 59.9 Å². The lowest BCUT2D eigenvalue weighted by molar-refractivity contribution is -0.128. The van der Waals surface area contributed by atoms with Crippen molar-refractivity contribution in [3.8, 4) is 5.75 Å². The van der Waals surface area contributed by atoms with Crippen LogP contribution in [-0.4, -0.2) is 37.1 Å². The first-order valence-corrected chi connectivity index (χ1v) is 8.50. The number of likely N-dealkylation sites (N-methyl/N-ethyl adjacent to an activating group) is 1. The van der Waals surface area contributed by atoms with Crippen LogP contribution >= 0.6 is 0 Å². The van der Waals surface area contributed by atoms with E-state index in [1.807, 2.05) is 57.4 Å². The Labute approximate surface area is 148 Å². The number of allylic oxidation sites excluding steroid dienone is 6. The maximum atomic E-state index is 12.9. The van der Waals surface area contributed by atoms with Crippen molar-refractivity contribution < 1.29 is 14.3 Å². The van der Waals surface area contributed by atoms with Gasteiger partial charge in [0.2, 0.25) is 5.78 Å². The summed E-state index contributed by atoms with van der Waals surface area (Å²) >= 11 is 0. The Morgan fingerprint density at radius 1 is 1.16 bits per heavy atom. The molecule has 1 aromatic carbocycles. The fourth-order valence-electron chi connectivity index (χ4n) is 3.14. The topological polar surface area (TPSA) is 46.6 Å². The summed E-state index contributed by atoms with van der Waals surface area (Å²) in [6.07, 6.45) is 8.26. The van der Waals surface area contributed by atoms with Crippen molar-refractivity contribution in [3.05, 3.63) is 65.5 Å². The molecule has 1 atom stereocenters. The number of benzene rings is 1. The summed E-state index contributed by atoms with van der Waals surface area (Å²) in [4.78, 5) is 27.3. The normalized spacial score (nSPS) is 22.6. The van der Waals surface area contributed by atoms with Crippen molar-refractivity contribution in [2.75, 3.05) is 20.6 Å². The van der Waals surface area contributed by atoms with E-state index < -0.39 is 5.41 Å². The van der Waals surface area contributed by atoms with Crippen LogP contribution in [0.4, 0.5) is 0 Å². The molecule has 0 aliphatic heterocycles. The van der Waals surface area contributed by atoms with Crippen molar-refractivity contribution in [3.63, 3.8) is 0 Å². The summed E-state index contributed by atoms with van der Waals surface area (Å²) in [7, 11) is 4.08. The molecule has 2 aliphatic rings. The fraction of sp³-hybridized carbons (Fsp3) is 0.333. The highest BCUT2D eigenvalue weighted by molar-refractivity contribution is 6.20. The monoisotopic (exact) mass is 337 g/mol. The van der Waals surface area contributed by atoms with E-state index in [-0.39, 0.29) is 17.3 Å². The van der Waals surface area contributed by atoms with E-state index in [0.29, 0.717) is 17.7 Å². The smallest absolute Gasteiger partial charge is 0.208 e. The Kier molecular flexibility index (Phi) is 4.73. The minimum Gasteiger partial charge on any atom is -0.453 e. The Balaban J connectivity index is 1.77. The van der Waals surface area contributed by atoms with Gasteiger partial charge in [-0.05, 0) is 51.6 Å². The molecule has 0 heterocycles. The first-order valence-electron chi connectivity index (χ1n) is 8.50. The molecule has 4 nitrogen and oxygen atoms in total. The number of fused-ring (bicyclic) bond motifs is 1. The first kappa shape index (κ1) is 17.4. The number of carbonyl (C=O) groups excluding carboxylic acids is 2. The average molecular weight is 337 g/mol. The molecule has 1 aromatic rings. The van der Waals surface area contributed by atoms with E-state index in [4.69, 9.17) is 4.74 Å². The zero-order chi connectivity index (χ0) is 18.0. The van der Waals surface area contributed by atoms with Gasteiger partial charge in [-0.3, -0.25) is 9.59 Å². The Morgan fingerprint density at radius 3 is 2.56 bits per heavy atom. The van der Waals surface area contributed by atoms with Crippen LogP contribution in [0.5, 0.6) is 5.75 Å². The number of nitrogens with zero attached hydrogens (tertiary/aromatic N) is 1. The molecule has 4 heteroatoms. The Bertz CT molecular complexity index is 784.